The molecule has 8 heteroatoms. The van der Waals surface area contributed by atoms with Crippen LogP contribution in [0.4, 0.5) is 16.2 Å². The van der Waals surface area contributed by atoms with Crippen molar-refractivity contribution in [1.29, 1.82) is 0 Å². The molecule has 1 saturated carbocycles. The number of benzene rings is 1. The minimum absolute atomic E-state index is 0.130. The minimum Gasteiger partial charge on any atom is -0.378 e. The van der Waals surface area contributed by atoms with E-state index in [2.05, 4.69) is 10.6 Å². The van der Waals surface area contributed by atoms with Crippen molar-refractivity contribution in [1.82, 2.24) is 5.32 Å². The van der Waals surface area contributed by atoms with Crippen molar-refractivity contribution in [2.45, 2.75) is 38.2 Å². The Kier molecular flexibility index (Phi) is 6.61. The van der Waals surface area contributed by atoms with Crippen molar-refractivity contribution in [3.8, 4) is 0 Å². The molecule has 1 aromatic rings. The third-order valence-corrected chi connectivity index (χ3v) is 4.00. The van der Waals surface area contributed by atoms with Crippen LogP contribution in [0.25, 0.3) is 0 Å². The molecule has 2 N–H and O–H groups in total. The van der Waals surface area contributed by atoms with Crippen LogP contribution < -0.4 is 10.6 Å². The van der Waals surface area contributed by atoms with Gasteiger partial charge in [0.25, 0.3) is 5.69 Å². The Labute approximate surface area is 139 Å². The molecule has 23 heavy (non-hydrogen) atoms. The predicted molar refractivity (Wildman–Crippen MR) is 88.0 cm³/mol. The van der Waals surface area contributed by atoms with E-state index in [1.807, 2.05) is 0 Å². The van der Waals surface area contributed by atoms with Crippen LogP contribution in [-0.4, -0.2) is 30.2 Å². The van der Waals surface area contributed by atoms with Crippen molar-refractivity contribution in [2.24, 2.45) is 0 Å². The van der Waals surface area contributed by atoms with E-state index in [0.717, 1.165) is 12.8 Å². The minimum atomic E-state index is -0.542. The molecule has 2 amide bonds. The van der Waals surface area contributed by atoms with Gasteiger partial charge in [-0.3, -0.25) is 10.1 Å². The van der Waals surface area contributed by atoms with Gasteiger partial charge in [-0.1, -0.05) is 24.4 Å². The average molecular weight is 342 g/mol. The van der Waals surface area contributed by atoms with Gasteiger partial charge in [0.15, 0.2) is 0 Å². The molecule has 0 atom stereocenters. The number of nitrogens with one attached hydrogen (secondary N) is 2. The van der Waals surface area contributed by atoms with Crippen molar-refractivity contribution >= 4 is 29.0 Å². The van der Waals surface area contributed by atoms with Crippen molar-refractivity contribution in [3.05, 3.63) is 33.3 Å². The molecule has 0 bridgehead atoms. The van der Waals surface area contributed by atoms with Gasteiger partial charge in [-0.05, 0) is 25.3 Å². The molecule has 0 unspecified atom stereocenters. The Morgan fingerprint density at radius 2 is 2.13 bits per heavy atom. The third kappa shape index (κ3) is 5.69. The molecular formula is C15H20ClN3O4. The van der Waals surface area contributed by atoms with Gasteiger partial charge >= 0.3 is 6.03 Å². The number of anilines is 1. The number of amides is 2. The number of halogens is 1. The maximum Gasteiger partial charge on any atom is 0.319 e. The second-order valence-electron chi connectivity index (χ2n) is 5.43. The van der Waals surface area contributed by atoms with E-state index in [0.29, 0.717) is 25.7 Å². The van der Waals surface area contributed by atoms with Crippen LogP contribution in [0.2, 0.25) is 5.02 Å². The molecule has 0 radical (unpaired) electrons. The lowest BCUT2D eigenvalue weighted by molar-refractivity contribution is -0.384. The molecule has 7 nitrogen and oxygen atoms in total. The summed E-state index contributed by atoms with van der Waals surface area (Å²) in [6, 6.07) is 3.44. The number of non-ortho nitro benzene ring substituents is 1. The lowest BCUT2D eigenvalue weighted by atomic mass is 10.3. The first-order valence-electron chi connectivity index (χ1n) is 7.66. The summed E-state index contributed by atoms with van der Waals surface area (Å²) in [7, 11) is 0. The molecule has 1 aliphatic carbocycles. The van der Waals surface area contributed by atoms with Gasteiger partial charge in [0.2, 0.25) is 0 Å². The van der Waals surface area contributed by atoms with Gasteiger partial charge in [-0.25, -0.2) is 4.79 Å². The number of nitrogens with zero attached hydrogens (tertiary/aromatic N) is 1. The first-order valence-corrected chi connectivity index (χ1v) is 8.04. The fourth-order valence-corrected chi connectivity index (χ4v) is 2.63. The van der Waals surface area contributed by atoms with Crippen LogP contribution in [0.5, 0.6) is 0 Å². The van der Waals surface area contributed by atoms with E-state index in [9.17, 15) is 14.9 Å². The number of nitro benzene ring substituents is 1. The average Bonchev–Trinajstić information content (AvgIpc) is 3.02. The maximum atomic E-state index is 11.8. The van der Waals surface area contributed by atoms with E-state index in [4.69, 9.17) is 16.3 Å². The third-order valence-electron chi connectivity index (χ3n) is 3.67. The second-order valence-corrected chi connectivity index (χ2v) is 5.84. The number of hydrogen-bond donors (Lipinski definition) is 2. The Morgan fingerprint density at radius 3 is 2.83 bits per heavy atom. The molecular weight excluding hydrogens is 322 g/mol. The number of carbonyl (C=O) groups is 1. The summed E-state index contributed by atoms with van der Waals surface area (Å²) in [5.41, 5.74) is 0.0789. The highest BCUT2D eigenvalue weighted by Gasteiger charge is 2.15. The number of urea groups is 1. The van der Waals surface area contributed by atoms with E-state index in [1.165, 1.54) is 31.0 Å². The van der Waals surface area contributed by atoms with Crippen molar-refractivity contribution < 1.29 is 14.5 Å². The molecule has 1 aliphatic rings. The van der Waals surface area contributed by atoms with E-state index < -0.39 is 11.0 Å². The van der Waals surface area contributed by atoms with Gasteiger partial charge in [-0.2, -0.15) is 0 Å². The summed E-state index contributed by atoms with van der Waals surface area (Å²) >= 11 is 5.92. The molecule has 0 aromatic heterocycles. The van der Waals surface area contributed by atoms with Crippen LogP contribution in [0.1, 0.15) is 32.1 Å². The normalized spacial score (nSPS) is 14.7. The van der Waals surface area contributed by atoms with E-state index in [-0.39, 0.29) is 16.4 Å². The Hall–Kier alpha value is -1.86. The smallest absolute Gasteiger partial charge is 0.319 e. The number of hydrogen-bond acceptors (Lipinski definition) is 4. The molecule has 2 rings (SSSR count). The second kappa shape index (κ2) is 8.69. The number of nitro groups is 1. The Balaban J connectivity index is 1.69. The van der Waals surface area contributed by atoms with Crippen molar-refractivity contribution in [2.75, 3.05) is 18.5 Å². The van der Waals surface area contributed by atoms with Gasteiger partial charge in [0, 0.05) is 25.3 Å². The molecule has 0 heterocycles. The number of carbonyl (C=O) groups excluding carboxylic acids is 1. The maximum absolute atomic E-state index is 11.8. The van der Waals surface area contributed by atoms with Gasteiger partial charge in [-0.15, -0.1) is 0 Å². The van der Waals surface area contributed by atoms with Crippen LogP contribution >= 0.6 is 11.6 Å². The first-order chi connectivity index (χ1) is 11.1. The van der Waals surface area contributed by atoms with Gasteiger partial charge in [0.1, 0.15) is 0 Å². The fraction of sp³-hybridized carbons (Fsp3) is 0.533. The summed E-state index contributed by atoms with van der Waals surface area (Å²) in [6.07, 6.45) is 5.79. The predicted octanol–water partition coefficient (Wildman–Crippen LogP) is 3.72. The monoisotopic (exact) mass is 341 g/mol. The Morgan fingerprint density at radius 1 is 1.39 bits per heavy atom. The molecule has 126 valence electrons. The topological polar surface area (TPSA) is 93.5 Å². The quantitative estimate of drug-likeness (QED) is 0.449. The van der Waals surface area contributed by atoms with E-state index >= 15 is 0 Å². The van der Waals surface area contributed by atoms with Gasteiger partial charge in [0.05, 0.1) is 21.7 Å². The SMILES string of the molecule is O=C(NCCCOC1CCCC1)Nc1cc([N+](=O)[O-])ccc1Cl. The van der Waals surface area contributed by atoms with Gasteiger partial charge < -0.3 is 15.4 Å². The summed E-state index contributed by atoms with van der Waals surface area (Å²) in [4.78, 5) is 22.0. The lowest BCUT2D eigenvalue weighted by Crippen LogP contribution is -2.30. The van der Waals surface area contributed by atoms with Crippen molar-refractivity contribution in [3.63, 3.8) is 0 Å². The lowest BCUT2D eigenvalue weighted by Gasteiger charge is -2.12. The van der Waals surface area contributed by atoms with Crippen LogP contribution in [0.15, 0.2) is 18.2 Å². The zero-order valence-corrected chi connectivity index (χ0v) is 13.5. The zero-order chi connectivity index (χ0) is 16.7. The summed E-state index contributed by atoms with van der Waals surface area (Å²) in [5, 5.41) is 16.2. The standard InChI is InChI=1S/C15H20ClN3O4/c16-13-7-6-11(19(21)22)10-14(13)18-15(20)17-8-3-9-23-12-4-1-2-5-12/h6-7,10,12H,1-5,8-9H2,(H2,17,18,20). The summed E-state index contributed by atoms with van der Waals surface area (Å²) in [5.74, 6) is 0. The van der Waals surface area contributed by atoms with Crippen LogP contribution in [0.3, 0.4) is 0 Å². The zero-order valence-electron chi connectivity index (χ0n) is 12.7. The highest BCUT2D eigenvalue weighted by atomic mass is 35.5. The first kappa shape index (κ1) is 17.5. The Bertz CT molecular complexity index is 562. The largest absolute Gasteiger partial charge is 0.378 e. The summed E-state index contributed by atoms with van der Waals surface area (Å²) < 4.78 is 5.70. The highest BCUT2D eigenvalue weighted by molar-refractivity contribution is 6.33. The fourth-order valence-electron chi connectivity index (χ4n) is 2.47. The highest BCUT2D eigenvalue weighted by Crippen LogP contribution is 2.26. The number of ether oxygens (including phenoxy) is 1. The molecule has 0 spiro atoms. The summed E-state index contributed by atoms with van der Waals surface area (Å²) in [6.45, 7) is 1.08. The van der Waals surface area contributed by atoms with E-state index in [1.54, 1.807) is 0 Å². The number of rotatable bonds is 7. The molecule has 0 aliphatic heterocycles. The molecule has 1 fully saturated rings. The molecule has 1 aromatic carbocycles. The van der Waals surface area contributed by atoms with Crippen LogP contribution in [-0.2, 0) is 4.74 Å². The molecule has 0 saturated heterocycles. The van der Waals surface area contributed by atoms with Crippen LogP contribution in [0, 0.1) is 10.1 Å².